The summed E-state index contributed by atoms with van der Waals surface area (Å²) in [7, 11) is 0. The van der Waals surface area contributed by atoms with Gasteiger partial charge in [-0.3, -0.25) is 14.5 Å². The lowest BCUT2D eigenvalue weighted by Crippen LogP contribution is -2.30. The molecule has 1 N–H and O–H groups in total. The number of carbonyl (C=O) groups excluding carboxylic acids is 2. The number of thioether (sulfide) groups is 1. The van der Waals surface area contributed by atoms with E-state index in [9.17, 15) is 14.7 Å². The quantitative estimate of drug-likeness (QED) is 0.0873. The van der Waals surface area contributed by atoms with Gasteiger partial charge in [0.15, 0.2) is 15.9 Å². The van der Waals surface area contributed by atoms with Crippen LogP contribution in [0, 0.1) is 0 Å². The number of ether oxygens (including phenoxy) is 1. The van der Waals surface area contributed by atoms with Crippen LogP contribution in [0.3, 0.4) is 0 Å². The summed E-state index contributed by atoms with van der Waals surface area (Å²) in [6.45, 7) is 0.340. The molecule has 0 aliphatic carbocycles. The number of nitrogens with zero attached hydrogens (tertiary/aromatic N) is 3. The smallest absolute Gasteiger partial charge is 0.296 e. The fourth-order valence-corrected chi connectivity index (χ4v) is 6.98. The van der Waals surface area contributed by atoms with Gasteiger partial charge in [-0.05, 0) is 46.5 Å². The highest BCUT2D eigenvalue weighted by Gasteiger charge is 2.45. The lowest BCUT2D eigenvalue weighted by Gasteiger charge is -2.24. The Morgan fingerprint density at radius 3 is 2.47 bits per heavy atom. The van der Waals surface area contributed by atoms with Gasteiger partial charge in [0, 0.05) is 10.8 Å². The first-order chi connectivity index (χ1) is 22.0. The highest BCUT2D eigenvalue weighted by Crippen LogP contribution is 2.44. The number of hydrogen-bond acceptors (Lipinski definition) is 8. The van der Waals surface area contributed by atoms with Gasteiger partial charge in [0.25, 0.3) is 5.91 Å². The molecule has 5 aromatic rings. The van der Waals surface area contributed by atoms with Crippen molar-refractivity contribution in [3.05, 3.63) is 154 Å². The number of benzene rings is 4. The molecule has 0 radical (unpaired) electrons. The second kappa shape index (κ2) is 13.9. The number of aromatic nitrogens is 2. The molecule has 0 bridgehead atoms. The van der Waals surface area contributed by atoms with Crippen LogP contribution in [0.5, 0.6) is 5.75 Å². The number of halogens is 1. The van der Waals surface area contributed by atoms with Gasteiger partial charge in [0.05, 0.1) is 11.6 Å². The summed E-state index contributed by atoms with van der Waals surface area (Å²) in [6, 6.07) is 32.8. The molecule has 6 rings (SSSR count). The van der Waals surface area contributed by atoms with Gasteiger partial charge in [-0.25, -0.2) is 0 Å². The van der Waals surface area contributed by atoms with E-state index in [4.69, 9.17) is 16.3 Å². The minimum absolute atomic E-state index is 0.0483. The number of rotatable bonds is 11. The van der Waals surface area contributed by atoms with E-state index in [1.807, 2.05) is 91.0 Å². The van der Waals surface area contributed by atoms with Crippen molar-refractivity contribution in [1.29, 1.82) is 0 Å². The first-order valence-corrected chi connectivity index (χ1v) is 16.2. The molecule has 7 nitrogen and oxygen atoms in total. The minimum atomic E-state index is -0.958. The molecule has 0 fully saturated rings. The number of ketones is 1. The zero-order valence-electron chi connectivity index (χ0n) is 23.7. The van der Waals surface area contributed by atoms with E-state index in [1.54, 1.807) is 24.3 Å². The first kappa shape index (κ1) is 30.3. The zero-order valence-corrected chi connectivity index (χ0v) is 26.1. The number of aliphatic hydroxyl groups excluding tert-OH is 1. The maximum absolute atomic E-state index is 13.7. The standard InChI is InChI=1S/C35H26ClN3O4S2/c36-28-17-8-7-14-26(28)22-44-35-38-37-34(45-35)39-31(25-15-9-16-27(20-25)43-21-24-12-5-2-6-13-24)30(32(41)33(39)42)29(40)19-18-23-10-3-1-4-11-23/h1-20,31,41H,21-22H2/b19-18+. The van der Waals surface area contributed by atoms with E-state index < -0.39 is 23.5 Å². The van der Waals surface area contributed by atoms with Crippen LogP contribution in [0.25, 0.3) is 6.08 Å². The van der Waals surface area contributed by atoms with Crippen LogP contribution in [0.15, 0.2) is 131 Å². The van der Waals surface area contributed by atoms with Crippen molar-refractivity contribution in [2.75, 3.05) is 4.90 Å². The summed E-state index contributed by atoms with van der Waals surface area (Å²) in [5.74, 6) is -0.741. The molecular formula is C35H26ClN3O4S2. The van der Waals surface area contributed by atoms with Gasteiger partial charge in [-0.15, -0.1) is 10.2 Å². The van der Waals surface area contributed by atoms with Crippen molar-refractivity contribution in [3.8, 4) is 5.75 Å². The maximum Gasteiger partial charge on any atom is 0.296 e. The third kappa shape index (κ3) is 7.01. The molecule has 2 heterocycles. The summed E-state index contributed by atoms with van der Waals surface area (Å²) >= 11 is 8.96. The molecule has 4 aromatic carbocycles. The molecule has 1 atom stereocenters. The fraction of sp³-hybridized carbons (Fsp3) is 0.0857. The molecule has 0 saturated heterocycles. The van der Waals surface area contributed by atoms with E-state index >= 15 is 0 Å². The fourth-order valence-electron chi connectivity index (χ4n) is 4.82. The van der Waals surface area contributed by atoms with Crippen molar-refractivity contribution in [1.82, 2.24) is 10.2 Å². The van der Waals surface area contributed by atoms with Gasteiger partial charge < -0.3 is 9.84 Å². The van der Waals surface area contributed by atoms with Crippen LogP contribution >= 0.6 is 34.7 Å². The maximum atomic E-state index is 13.7. The summed E-state index contributed by atoms with van der Waals surface area (Å²) in [5.41, 5.74) is 3.28. The molecule has 0 saturated carbocycles. The monoisotopic (exact) mass is 651 g/mol. The van der Waals surface area contributed by atoms with E-state index in [-0.39, 0.29) is 10.7 Å². The predicted molar refractivity (Wildman–Crippen MR) is 179 cm³/mol. The molecule has 10 heteroatoms. The third-order valence-electron chi connectivity index (χ3n) is 7.03. The third-order valence-corrected chi connectivity index (χ3v) is 9.51. The van der Waals surface area contributed by atoms with Gasteiger partial charge >= 0.3 is 0 Å². The molecule has 1 aliphatic heterocycles. The largest absolute Gasteiger partial charge is 0.503 e. The van der Waals surface area contributed by atoms with E-state index in [0.29, 0.717) is 33.0 Å². The SMILES string of the molecule is O=C(/C=C/c1ccccc1)C1=C(O)C(=O)N(c2nnc(SCc3ccccc3Cl)s2)C1c1cccc(OCc2ccccc2)c1. The lowest BCUT2D eigenvalue weighted by molar-refractivity contribution is -0.117. The Hall–Kier alpha value is -4.70. The second-order valence-electron chi connectivity index (χ2n) is 10.0. The van der Waals surface area contributed by atoms with E-state index in [2.05, 4.69) is 10.2 Å². The number of carbonyl (C=O) groups is 2. The Balaban J connectivity index is 1.32. The Morgan fingerprint density at radius 2 is 1.69 bits per heavy atom. The average molecular weight is 652 g/mol. The van der Waals surface area contributed by atoms with Gasteiger partial charge in [0.2, 0.25) is 5.13 Å². The number of anilines is 1. The number of aliphatic hydroxyl groups is 1. The summed E-state index contributed by atoms with van der Waals surface area (Å²) < 4.78 is 6.67. The van der Waals surface area contributed by atoms with Crippen LogP contribution in [0.1, 0.15) is 28.3 Å². The number of allylic oxidation sites excluding steroid dienone is 1. The number of hydrogen-bond donors (Lipinski definition) is 1. The summed E-state index contributed by atoms with van der Waals surface area (Å²) in [5, 5.41) is 20.6. The van der Waals surface area contributed by atoms with Gasteiger partial charge in [-0.2, -0.15) is 0 Å². The van der Waals surface area contributed by atoms with Crippen molar-refractivity contribution in [2.24, 2.45) is 0 Å². The summed E-state index contributed by atoms with van der Waals surface area (Å²) in [4.78, 5) is 28.6. The highest BCUT2D eigenvalue weighted by molar-refractivity contribution is 8.00. The highest BCUT2D eigenvalue weighted by atomic mass is 35.5. The van der Waals surface area contributed by atoms with Crippen LogP contribution in [0.4, 0.5) is 5.13 Å². The Kier molecular flexibility index (Phi) is 9.40. The molecule has 0 spiro atoms. The van der Waals surface area contributed by atoms with Crippen molar-refractivity contribution in [3.63, 3.8) is 0 Å². The zero-order chi connectivity index (χ0) is 31.2. The van der Waals surface area contributed by atoms with Crippen LogP contribution in [-0.2, 0) is 21.9 Å². The summed E-state index contributed by atoms with van der Waals surface area (Å²) in [6.07, 6.45) is 3.02. The molecule has 1 amide bonds. The van der Waals surface area contributed by atoms with E-state index in [1.165, 1.54) is 34.1 Å². The van der Waals surface area contributed by atoms with Crippen molar-refractivity contribution in [2.45, 2.75) is 22.7 Å². The lowest BCUT2D eigenvalue weighted by atomic mass is 9.95. The topological polar surface area (TPSA) is 92.6 Å². The molecular weight excluding hydrogens is 626 g/mol. The van der Waals surface area contributed by atoms with Crippen LogP contribution in [0.2, 0.25) is 5.02 Å². The average Bonchev–Trinajstić information content (AvgIpc) is 3.65. The van der Waals surface area contributed by atoms with Crippen molar-refractivity contribution < 1.29 is 19.4 Å². The Morgan fingerprint density at radius 1 is 0.956 bits per heavy atom. The Labute approximate surface area is 273 Å². The van der Waals surface area contributed by atoms with E-state index in [0.717, 1.165) is 16.7 Å². The van der Waals surface area contributed by atoms with Crippen molar-refractivity contribution >= 4 is 57.6 Å². The molecule has 1 unspecified atom stereocenters. The molecule has 224 valence electrons. The normalized spacial score (nSPS) is 14.8. The minimum Gasteiger partial charge on any atom is -0.503 e. The van der Waals surface area contributed by atoms with Crippen LogP contribution < -0.4 is 9.64 Å². The molecule has 1 aromatic heterocycles. The van der Waals surface area contributed by atoms with Gasteiger partial charge in [0.1, 0.15) is 12.4 Å². The van der Waals surface area contributed by atoms with Gasteiger partial charge in [-0.1, -0.05) is 132 Å². The Bertz CT molecular complexity index is 1890. The second-order valence-corrected chi connectivity index (χ2v) is 12.6. The van der Waals surface area contributed by atoms with Crippen LogP contribution in [-0.4, -0.2) is 27.0 Å². The number of amides is 1. The molecule has 1 aliphatic rings. The molecule has 45 heavy (non-hydrogen) atoms. The predicted octanol–water partition coefficient (Wildman–Crippen LogP) is 8.25. The first-order valence-electron chi connectivity index (χ1n) is 14.0.